The Kier molecular flexibility index (Phi) is 30.5. The van der Waals surface area contributed by atoms with Crippen molar-refractivity contribution in [2.45, 2.75) is 212 Å². The van der Waals surface area contributed by atoms with Crippen LogP contribution in [0.3, 0.4) is 0 Å². The summed E-state index contributed by atoms with van der Waals surface area (Å²) in [6, 6.07) is -2.24. The largest absolute Gasteiger partial charge is 0.508 e. The molecule has 8 amide bonds. The van der Waals surface area contributed by atoms with Crippen molar-refractivity contribution in [1.29, 1.82) is 0 Å². The number of aromatic hydroxyl groups is 3. The first-order valence-electron chi connectivity index (χ1n) is 39.6. The Morgan fingerprint density at radius 2 is 1.23 bits per heavy atom. The van der Waals surface area contributed by atoms with Crippen molar-refractivity contribution in [3.8, 4) is 57.1 Å². The Balaban J connectivity index is 1.15. The van der Waals surface area contributed by atoms with E-state index in [0.29, 0.717) is 6.07 Å². The first-order valence-corrected chi connectivity index (χ1v) is 43.6. The minimum atomic E-state index is -6.05. The van der Waals surface area contributed by atoms with Crippen molar-refractivity contribution in [3.05, 3.63) is 117 Å². The average Bonchev–Trinajstić information content (AvgIpc) is 0.764. The summed E-state index contributed by atoms with van der Waals surface area (Å²) in [5.41, 5.74) is 12.4. The number of amides is 8. The number of halogens is 2. The van der Waals surface area contributed by atoms with Crippen molar-refractivity contribution in [2.75, 3.05) is 27.0 Å². The second-order valence-electron chi connectivity index (χ2n) is 32.5. The first-order chi connectivity index (χ1) is 59.8. The van der Waals surface area contributed by atoms with Crippen LogP contribution in [0.1, 0.15) is 132 Å². The molecule has 46 nitrogen and oxygen atoms in total. The maximum atomic E-state index is 16.6. The fourth-order valence-electron chi connectivity index (χ4n) is 15.3. The summed E-state index contributed by atoms with van der Waals surface area (Å²) in [5.74, 6) is -17.4. The molecule has 0 aliphatic carbocycles. The molecule has 8 aliphatic heterocycles. The van der Waals surface area contributed by atoms with Gasteiger partial charge in [0.2, 0.25) is 60.2 Å². The van der Waals surface area contributed by atoms with E-state index in [1.165, 1.54) is 46.9 Å². The molecule has 17 unspecified atom stereocenters. The smallest absolute Gasteiger partial charge is 0.410 e. The number of nitrogens with one attached hydrogen (secondary N) is 8. The standard InChI is InChI=1S/C78H99Cl2N11O35P2/c1-29(2)16-41(84-7)67(102)90-57-59(97)33-9-12-45(39(79)18-33)121-47-20-35-21-48(63(47)126-74-64(61(99)60(98)49(27-92)123-74)125-52-26-77(6,83)66(101)31(4)120-52)122-46-13-10-34(19-40(46)80)62(124-51-25-76(5,82)65(100)30(3)119-51)58-72(107)89-56(73(108)117-28-118-75(109)85-15-14-78(110,127(111,112)113)128(114,115)116)38-22-36(93)23-44(95)53(38)37-17-32(8-11-43(37)94)54(69(104)91-58)88-70(105)55(35)87-68(103)42(24-50(81)96)86-71(57)106/h8-13,17-23,29-31,41-42,49,51-52,54-62,64-66,74,84,92-95,97-101,110H,14-16,24-28,82-83H2,1-7H3,(H2,81,96)(H,85,109)(H,86,106)(H,87,103)(H,88,105)(H,89,107)(H,90,102)(H,91,104)(H2,111,112,113)(H2,114,115,116)/t30?,31?,41?,42?,49?,51?,52?,54?,55?,56-,57?,58?,59+,60?,61?,62-,64?,65?,66?,74?,76+,77+/m1/s1. The van der Waals surface area contributed by atoms with Gasteiger partial charge in [-0.05, 0) is 124 Å². The zero-order valence-corrected chi connectivity index (χ0v) is 72.3. The quantitative estimate of drug-likeness (QED) is 0.0222. The molecule has 13 rings (SSSR count). The van der Waals surface area contributed by atoms with E-state index in [1.807, 2.05) is 5.32 Å². The van der Waals surface area contributed by atoms with E-state index in [2.05, 4.69) is 37.2 Å². The fraction of sp³-hybridized carbons (Fsp3) is 0.500. The van der Waals surface area contributed by atoms with Gasteiger partial charge >= 0.3 is 27.3 Å². The number of esters is 1. The number of aliphatic hydroxyl groups is 7. The molecule has 22 atom stereocenters. The Morgan fingerprint density at radius 3 is 1.79 bits per heavy atom. The van der Waals surface area contributed by atoms with Crippen molar-refractivity contribution in [2.24, 2.45) is 23.1 Å². The van der Waals surface area contributed by atoms with E-state index >= 15 is 28.8 Å². The van der Waals surface area contributed by atoms with Crippen LogP contribution in [-0.2, 0) is 80.6 Å². The molecule has 700 valence electrons. The molecular weight excluding hydrogens is 1780 g/mol. The number of likely N-dealkylation sites (N-methyl/N-ethyl adjacent to an activating group) is 1. The summed E-state index contributed by atoms with van der Waals surface area (Å²) in [4.78, 5) is 174. The number of benzene rings is 5. The minimum Gasteiger partial charge on any atom is -0.508 e. The first kappa shape index (κ1) is 98.8. The highest BCUT2D eigenvalue weighted by Crippen LogP contribution is 2.69. The van der Waals surface area contributed by atoms with Gasteiger partial charge < -0.3 is 178 Å². The Bertz CT molecular complexity index is 5140. The third kappa shape index (κ3) is 21.8. The van der Waals surface area contributed by atoms with Crippen LogP contribution in [0.15, 0.2) is 78.9 Å². The van der Waals surface area contributed by atoms with E-state index in [1.54, 1.807) is 13.8 Å². The molecule has 0 radical (unpaired) electrons. The average molecular weight is 1880 g/mol. The van der Waals surface area contributed by atoms with Crippen molar-refractivity contribution >= 4 is 91.8 Å². The van der Waals surface area contributed by atoms with E-state index in [9.17, 15) is 94.2 Å². The predicted octanol–water partition coefficient (Wildman–Crippen LogP) is -1.12. The lowest BCUT2D eigenvalue weighted by atomic mass is 9.86. The summed E-state index contributed by atoms with van der Waals surface area (Å²) in [7, 11) is -10.7. The number of carbonyl (C=O) groups excluding carboxylic acids is 9. The molecule has 3 fully saturated rings. The monoisotopic (exact) mass is 1880 g/mol. The van der Waals surface area contributed by atoms with Gasteiger partial charge in [0.25, 0.3) is 5.08 Å². The molecule has 0 aromatic heterocycles. The molecule has 28 N–H and O–H groups in total. The van der Waals surface area contributed by atoms with Gasteiger partial charge in [0.1, 0.15) is 89.5 Å². The third-order valence-corrected chi connectivity index (χ3v) is 26.6. The van der Waals surface area contributed by atoms with E-state index in [0.717, 1.165) is 60.7 Å². The third-order valence-electron chi connectivity index (χ3n) is 22.2. The van der Waals surface area contributed by atoms with Crippen LogP contribution in [0.25, 0.3) is 11.1 Å². The maximum Gasteiger partial charge on any atom is 0.410 e. The lowest BCUT2D eigenvalue weighted by Crippen LogP contribution is -2.64. The number of carbonyl (C=O) groups is 9. The topological polar surface area (TPSA) is 738 Å². The van der Waals surface area contributed by atoms with Crippen LogP contribution < -0.4 is 73.9 Å². The minimum absolute atomic E-state index is 0.153. The van der Waals surface area contributed by atoms with E-state index in [4.69, 9.17) is 87.8 Å². The van der Waals surface area contributed by atoms with Crippen LogP contribution in [-0.4, -0.2) is 259 Å². The van der Waals surface area contributed by atoms with Gasteiger partial charge in [-0.2, -0.15) is 0 Å². The molecule has 5 aromatic carbocycles. The fourth-order valence-corrected chi connectivity index (χ4v) is 17.9. The molecule has 128 heavy (non-hydrogen) atoms. The number of hydrogen-bond acceptors (Lipinski definition) is 34. The zero-order valence-electron chi connectivity index (χ0n) is 69.0. The molecule has 8 aliphatic rings. The van der Waals surface area contributed by atoms with Crippen LogP contribution >= 0.6 is 38.4 Å². The number of ether oxygens (including phenoxy) is 10. The van der Waals surface area contributed by atoms with Crippen LogP contribution in [0.2, 0.25) is 10.0 Å². The van der Waals surface area contributed by atoms with Gasteiger partial charge in [-0.15, -0.1) is 0 Å². The Labute approximate surface area is 737 Å². The lowest BCUT2D eigenvalue weighted by molar-refractivity contribution is -0.333. The maximum absolute atomic E-state index is 16.6. The summed E-state index contributed by atoms with van der Waals surface area (Å²) in [6.07, 6.45) is -27.3. The summed E-state index contributed by atoms with van der Waals surface area (Å²) in [6.45, 7) is 5.62. The van der Waals surface area contributed by atoms with Crippen LogP contribution in [0, 0.1) is 5.92 Å². The molecule has 11 bridgehead atoms. The number of hydrogen-bond donors (Lipinski definition) is 25. The molecule has 0 spiro atoms. The number of rotatable bonds is 22. The predicted molar refractivity (Wildman–Crippen MR) is 437 cm³/mol. The van der Waals surface area contributed by atoms with Gasteiger partial charge in [-0.25, -0.2) is 9.59 Å². The zero-order chi connectivity index (χ0) is 94.2. The Morgan fingerprint density at radius 1 is 0.664 bits per heavy atom. The lowest BCUT2D eigenvalue weighted by Gasteiger charge is -2.47. The van der Waals surface area contributed by atoms with E-state index < -0.39 is 330 Å². The molecule has 5 aromatic rings. The highest BCUT2D eigenvalue weighted by molar-refractivity contribution is 7.72. The normalized spacial score (nSPS) is 29.7. The van der Waals surface area contributed by atoms with Crippen molar-refractivity contribution in [1.82, 2.24) is 42.5 Å². The SMILES string of the molecule is CNC(CC(C)C)C(=O)NC1C(=O)NC(CC(N)=O)C(=O)NC2C(=O)NC3C(=O)NC(C(=O)N[C@@H](C(=O)OCOC(=O)NCCC(O)(P(=O)(O)O)P(=O)(O)O)c4cc(O)cc(O)c4-c4cc3ccc4O)[C@H](OC3C[C@](C)(N)C(O)C(C)O3)c3ccc(c(Cl)c3)Oc3cc2cc(c3OC2OC(CO)C(O)C(O)C2OC2C[C@](C)(N)C(O)C(C)O2)Oc2ccc(cc2Cl)[C@@H]1O. The number of phenolic OH excluding ortho intramolecular Hbond substituents is 3. The molecule has 0 saturated carbocycles. The van der Waals surface area contributed by atoms with Crippen molar-refractivity contribution in [3.63, 3.8) is 0 Å². The highest BCUT2D eigenvalue weighted by Gasteiger charge is 2.59. The van der Waals surface area contributed by atoms with Gasteiger partial charge in [0, 0.05) is 59.6 Å². The summed E-state index contributed by atoms with van der Waals surface area (Å²) in [5, 5.41) is 130. The number of fused-ring (bicyclic) bond motifs is 15. The van der Waals surface area contributed by atoms with Crippen LogP contribution in [0.5, 0.6) is 46.0 Å². The summed E-state index contributed by atoms with van der Waals surface area (Å²) < 4.78 is 86.1. The second kappa shape index (κ2) is 39.5. The van der Waals surface area contributed by atoms with Crippen molar-refractivity contribution < 1.29 is 170 Å². The summed E-state index contributed by atoms with van der Waals surface area (Å²) >= 11 is 14.6. The highest BCUT2D eigenvalue weighted by atomic mass is 35.5. The second-order valence-corrected chi connectivity index (χ2v) is 37.3. The number of phenols is 3. The number of aliphatic hydroxyl groups excluding tert-OH is 6. The molecule has 3 saturated heterocycles. The van der Waals surface area contributed by atoms with Gasteiger partial charge in [0.15, 0.2) is 36.2 Å². The van der Waals surface area contributed by atoms with Crippen LogP contribution in [0.4, 0.5) is 4.79 Å². The Hall–Kier alpha value is -9.79. The molecular formula is C78H99Cl2N11O35P2. The number of primary amides is 1. The number of nitrogens with two attached hydrogens (primary N) is 3. The van der Waals surface area contributed by atoms with Gasteiger partial charge in [0.05, 0.1) is 53.5 Å². The number of alkyl carbamates (subject to hydrolysis) is 1. The van der Waals surface area contributed by atoms with Gasteiger partial charge in [-0.1, -0.05) is 55.2 Å². The molecule has 50 heteroatoms. The van der Waals surface area contributed by atoms with Gasteiger partial charge in [-0.3, -0.25) is 42.7 Å². The van der Waals surface area contributed by atoms with E-state index in [-0.39, 0.29) is 29.9 Å². The molecule has 8 heterocycles.